The lowest BCUT2D eigenvalue weighted by atomic mass is 10.0. The van der Waals surface area contributed by atoms with Crippen molar-refractivity contribution in [3.63, 3.8) is 0 Å². The Labute approximate surface area is 144 Å². The average Bonchev–Trinajstić information content (AvgIpc) is 3.43. The van der Waals surface area contributed by atoms with Crippen molar-refractivity contribution >= 4 is 0 Å². The summed E-state index contributed by atoms with van der Waals surface area (Å²) in [6.45, 7) is 8.49. The van der Waals surface area contributed by atoms with E-state index in [1.54, 1.807) is 0 Å². The number of fused-ring (bicyclic) bond motifs is 1. The average molecular weight is 332 g/mol. The molecule has 1 N–H and O–H groups in total. The van der Waals surface area contributed by atoms with Crippen LogP contribution >= 0.6 is 0 Å². The van der Waals surface area contributed by atoms with Gasteiger partial charge in [-0.1, -0.05) is 6.07 Å². The van der Waals surface area contributed by atoms with Gasteiger partial charge >= 0.3 is 0 Å². The summed E-state index contributed by atoms with van der Waals surface area (Å²) < 4.78 is 17.0. The number of benzene rings is 1. The van der Waals surface area contributed by atoms with Crippen molar-refractivity contribution in [1.29, 1.82) is 0 Å². The molecule has 1 aliphatic carbocycles. The normalized spacial score (nSPS) is 25.5. The maximum absolute atomic E-state index is 5.75. The molecular formula is C19H28N2O3. The zero-order chi connectivity index (χ0) is 16.4. The Hall–Kier alpha value is -1.30. The van der Waals surface area contributed by atoms with Crippen molar-refractivity contribution in [2.75, 3.05) is 46.0 Å². The number of nitrogens with zero attached hydrogens (tertiary/aromatic N) is 1. The summed E-state index contributed by atoms with van der Waals surface area (Å²) in [7, 11) is 0. The fraction of sp³-hybridized carbons (Fsp3) is 0.684. The van der Waals surface area contributed by atoms with Crippen molar-refractivity contribution in [3.8, 4) is 11.5 Å². The predicted molar refractivity (Wildman–Crippen MR) is 92.8 cm³/mol. The monoisotopic (exact) mass is 332 g/mol. The maximum Gasteiger partial charge on any atom is 0.161 e. The van der Waals surface area contributed by atoms with Crippen LogP contribution in [0.4, 0.5) is 0 Å². The molecule has 0 aromatic heterocycles. The summed E-state index contributed by atoms with van der Waals surface area (Å²) in [5.74, 6) is 2.53. The molecule has 0 spiro atoms. The van der Waals surface area contributed by atoms with Crippen LogP contribution in [0.1, 0.15) is 31.4 Å². The highest BCUT2D eigenvalue weighted by molar-refractivity contribution is 5.45. The van der Waals surface area contributed by atoms with E-state index in [9.17, 15) is 0 Å². The minimum absolute atomic E-state index is 0.357. The molecule has 24 heavy (non-hydrogen) atoms. The first-order valence-corrected chi connectivity index (χ1v) is 9.26. The molecule has 1 aromatic rings. The van der Waals surface area contributed by atoms with Gasteiger partial charge in [-0.05, 0) is 43.4 Å². The van der Waals surface area contributed by atoms with Crippen molar-refractivity contribution in [2.45, 2.75) is 31.9 Å². The van der Waals surface area contributed by atoms with Gasteiger partial charge in [-0.2, -0.15) is 0 Å². The highest BCUT2D eigenvalue weighted by Gasteiger charge is 2.32. The molecule has 2 aliphatic heterocycles. The molecule has 2 heterocycles. The standard InChI is InChI=1S/C19H28N2O3/c1-14-13-21(8-9-22-14)7-6-20-19(15-2-3-15)16-4-5-17-18(12-16)24-11-10-23-17/h4-5,12,14-15,19-20H,2-3,6-11,13H2,1H3/t14-,19-/m1/s1. The second-order valence-electron chi connectivity index (χ2n) is 7.15. The van der Waals surface area contributed by atoms with Crippen LogP contribution in [0, 0.1) is 5.92 Å². The van der Waals surface area contributed by atoms with Crippen molar-refractivity contribution < 1.29 is 14.2 Å². The van der Waals surface area contributed by atoms with Gasteiger partial charge in [0.15, 0.2) is 11.5 Å². The molecule has 1 saturated carbocycles. The number of morpholine rings is 1. The van der Waals surface area contributed by atoms with Crippen molar-refractivity contribution in [3.05, 3.63) is 23.8 Å². The van der Waals surface area contributed by atoms with E-state index < -0.39 is 0 Å². The summed E-state index contributed by atoms with van der Waals surface area (Å²) in [5.41, 5.74) is 1.33. The smallest absolute Gasteiger partial charge is 0.161 e. The Morgan fingerprint density at radius 1 is 1.17 bits per heavy atom. The summed E-state index contributed by atoms with van der Waals surface area (Å²) in [6.07, 6.45) is 3.00. The second kappa shape index (κ2) is 7.30. The van der Waals surface area contributed by atoms with Crippen LogP contribution in [0.2, 0.25) is 0 Å². The Morgan fingerprint density at radius 2 is 2.00 bits per heavy atom. The van der Waals surface area contributed by atoms with Gasteiger partial charge in [0.1, 0.15) is 13.2 Å². The second-order valence-corrected chi connectivity index (χ2v) is 7.15. The first-order valence-electron chi connectivity index (χ1n) is 9.26. The van der Waals surface area contributed by atoms with Crippen LogP contribution in [-0.4, -0.2) is 57.0 Å². The Morgan fingerprint density at radius 3 is 2.79 bits per heavy atom. The van der Waals surface area contributed by atoms with Crippen LogP contribution in [-0.2, 0) is 4.74 Å². The molecule has 0 radical (unpaired) electrons. The molecule has 2 fully saturated rings. The summed E-state index contributed by atoms with van der Waals surface area (Å²) in [5, 5.41) is 3.79. The molecule has 5 heteroatoms. The number of rotatable bonds is 6. The third kappa shape index (κ3) is 3.85. The SMILES string of the molecule is C[C@@H]1CN(CCN[C@@H](c2ccc3c(c2)OCCO3)C2CC2)CCO1. The van der Waals surface area contributed by atoms with E-state index in [0.717, 1.165) is 50.2 Å². The van der Waals surface area contributed by atoms with Gasteiger partial charge in [-0.3, -0.25) is 4.90 Å². The first kappa shape index (κ1) is 16.2. The maximum atomic E-state index is 5.75. The molecule has 4 rings (SSSR count). The van der Waals surface area contributed by atoms with Gasteiger partial charge in [0.2, 0.25) is 0 Å². The molecule has 3 aliphatic rings. The Kier molecular flexibility index (Phi) is 4.92. The lowest BCUT2D eigenvalue weighted by molar-refractivity contribution is -0.0178. The van der Waals surface area contributed by atoms with E-state index in [1.165, 1.54) is 18.4 Å². The highest BCUT2D eigenvalue weighted by atomic mass is 16.6. The largest absolute Gasteiger partial charge is 0.486 e. The zero-order valence-electron chi connectivity index (χ0n) is 14.5. The third-order valence-electron chi connectivity index (χ3n) is 5.14. The van der Waals surface area contributed by atoms with Crippen LogP contribution in [0.25, 0.3) is 0 Å². The minimum Gasteiger partial charge on any atom is -0.486 e. The fourth-order valence-electron chi connectivity index (χ4n) is 3.71. The van der Waals surface area contributed by atoms with E-state index in [-0.39, 0.29) is 0 Å². The lowest BCUT2D eigenvalue weighted by Gasteiger charge is -2.31. The number of hydrogen-bond acceptors (Lipinski definition) is 5. The summed E-state index contributed by atoms with van der Waals surface area (Å²) in [4.78, 5) is 2.49. The quantitative estimate of drug-likeness (QED) is 0.865. The van der Waals surface area contributed by atoms with Crippen molar-refractivity contribution in [2.24, 2.45) is 5.92 Å². The fourth-order valence-corrected chi connectivity index (χ4v) is 3.71. The first-order chi connectivity index (χ1) is 11.8. The third-order valence-corrected chi connectivity index (χ3v) is 5.14. The van der Waals surface area contributed by atoms with Crippen molar-refractivity contribution in [1.82, 2.24) is 10.2 Å². The van der Waals surface area contributed by atoms with Crippen LogP contribution in [0.5, 0.6) is 11.5 Å². The van der Waals surface area contributed by atoms with Gasteiger partial charge in [0.25, 0.3) is 0 Å². The van der Waals surface area contributed by atoms with Crippen LogP contribution in [0.15, 0.2) is 18.2 Å². The van der Waals surface area contributed by atoms with Gasteiger partial charge in [0.05, 0.1) is 12.7 Å². The Bertz CT molecular complexity index is 562. The van der Waals surface area contributed by atoms with Crippen LogP contribution < -0.4 is 14.8 Å². The molecule has 132 valence electrons. The van der Waals surface area contributed by atoms with Gasteiger partial charge in [0, 0.05) is 32.2 Å². The number of hydrogen-bond donors (Lipinski definition) is 1. The minimum atomic E-state index is 0.357. The van der Waals surface area contributed by atoms with Gasteiger partial charge < -0.3 is 19.5 Å². The van der Waals surface area contributed by atoms with E-state index in [0.29, 0.717) is 25.4 Å². The molecule has 0 bridgehead atoms. The van der Waals surface area contributed by atoms with Gasteiger partial charge in [-0.25, -0.2) is 0 Å². The summed E-state index contributed by atoms with van der Waals surface area (Å²) in [6, 6.07) is 6.85. The van der Waals surface area contributed by atoms with E-state index in [4.69, 9.17) is 14.2 Å². The van der Waals surface area contributed by atoms with E-state index in [2.05, 4.69) is 35.3 Å². The molecular weight excluding hydrogens is 304 g/mol. The van der Waals surface area contributed by atoms with E-state index in [1.807, 2.05) is 0 Å². The highest BCUT2D eigenvalue weighted by Crippen LogP contribution is 2.43. The molecule has 0 amide bonds. The summed E-state index contributed by atoms with van der Waals surface area (Å²) >= 11 is 0. The predicted octanol–water partition coefficient (Wildman–Crippen LogP) is 2.22. The van der Waals surface area contributed by atoms with Crippen LogP contribution in [0.3, 0.4) is 0 Å². The molecule has 2 atom stereocenters. The number of ether oxygens (including phenoxy) is 3. The Balaban J connectivity index is 1.36. The van der Waals surface area contributed by atoms with E-state index >= 15 is 0 Å². The lowest BCUT2D eigenvalue weighted by Crippen LogP contribution is -2.44. The molecule has 1 saturated heterocycles. The zero-order valence-corrected chi connectivity index (χ0v) is 14.5. The molecule has 0 unspecified atom stereocenters. The number of nitrogens with one attached hydrogen (secondary N) is 1. The molecule has 5 nitrogen and oxygen atoms in total. The molecule has 1 aromatic carbocycles. The topological polar surface area (TPSA) is 43.0 Å². The van der Waals surface area contributed by atoms with Gasteiger partial charge in [-0.15, -0.1) is 0 Å².